The third kappa shape index (κ3) is 3.83. The average molecular weight is 425 g/mol. The summed E-state index contributed by atoms with van der Waals surface area (Å²) in [5.74, 6) is -0.721. The van der Waals surface area contributed by atoms with Crippen LogP contribution >= 0.6 is 0 Å². The second kappa shape index (κ2) is 7.09. The summed E-state index contributed by atoms with van der Waals surface area (Å²) in [4.78, 5) is 25.0. The summed E-state index contributed by atoms with van der Waals surface area (Å²) in [6.07, 6.45) is 3.76. The molecule has 0 aromatic heterocycles. The van der Waals surface area contributed by atoms with Gasteiger partial charge in [0.25, 0.3) is 0 Å². The van der Waals surface area contributed by atoms with E-state index in [1.165, 1.54) is 14.2 Å². The predicted molar refractivity (Wildman–Crippen MR) is 113 cm³/mol. The van der Waals surface area contributed by atoms with Crippen LogP contribution in [0.1, 0.15) is 27.7 Å². The topological polar surface area (TPSA) is 71.1 Å². The van der Waals surface area contributed by atoms with E-state index in [2.05, 4.69) is 0 Å². The molecule has 0 saturated heterocycles. The summed E-state index contributed by atoms with van der Waals surface area (Å²) >= 11 is 0. The van der Waals surface area contributed by atoms with E-state index in [1.54, 1.807) is 0 Å². The van der Waals surface area contributed by atoms with E-state index in [4.69, 9.17) is 18.3 Å². The Morgan fingerprint density at radius 3 is 1.29 bits per heavy atom. The van der Waals surface area contributed by atoms with Gasteiger partial charge in [-0.15, -0.1) is 0 Å². The van der Waals surface area contributed by atoms with Gasteiger partial charge in [0, 0.05) is 0 Å². The lowest BCUT2D eigenvalue weighted by Crippen LogP contribution is -2.37. The molecule has 0 spiro atoms. The monoisotopic (exact) mass is 424 g/mol. The quantitative estimate of drug-likeness (QED) is 0.507. The number of hydrogen-bond acceptors (Lipinski definition) is 6. The van der Waals surface area contributed by atoms with E-state index in [1.807, 2.05) is 66.0 Å². The zero-order valence-corrected chi connectivity index (χ0v) is 20.6. The van der Waals surface area contributed by atoms with Crippen molar-refractivity contribution in [2.24, 2.45) is 0 Å². The average Bonchev–Trinajstić information content (AvgIpc) is 2.83. The molecular weight excluding hydrogens is 392 g/mol. The Morgan fingerprint density at radius 2 is 1.04 bits per heavy atom. The lowest BCUT2D eigenvalue weighted by Gasteiger charge is -2.26. The van der Waals surface area contributed by atoms with Gasteiger partial charge in [0.2, 0.25) is 16.6 Å². The van der Waals surface area contributed by atoms with Crippen LogP contribution in [0.25, 0.3) is 0 Å². The molecule has 6 nitrogen and oxygen atoms in total. The van der Waals surface area contributed by atoms with Crippen molar-refractivity contribution in [1.82, 2.24) is 0 Å². The van der Waals surface area contributed by atoms with Crippen LogP contribution < -0.4 is 0 Å². The van der Waals surface area contributed by atoms with Gasteiger partial charge in [-0.25, -0.2) is 9.59 Å². The molecule has 0 unspecified atom stereocenters. The van der Waals surface area contributed by atoms with Gasteiger partial charge in [-0.1, -0.05) is 12.2 Å². The summed E-state index contributed by atoms with van der Waals surface area (Å²) in [5.41, 5.74) is 0.320. The second-order valence-electron chi connectivity index (χ2n) is 9.14. The predicted octanol–water partition coefficient (Wildman–Crippen LogP) is 3.59. The highest BCUT2D eigenvalue weighted by Crippen LogP contribution is 2.44. The number of rotatable bonds is 4. The Hall–Kier alpha value is -1.49. The van der Waals surface area contributed by atoms with Crippen LogP contribution in [0.4, 0.5) is 0 Å². The number of carbonyl (C=O) groups is 2. The normalized spacial score (nSPS) is 24.8. The first kappa shape index (κ1) is 22.8. The lowest BCUT2D eigenvalue weighted by atomic mass is 9.92. The highest BCUT2D eigenvalue weighted by atomic mass is 28.4. The smallest absolute Gasteiger partial charge is 0.332 e. The van der Waals surface area contributed by atoms with E-state index >= 15 is 0 Å². The van der Waals surface area contributed by atoms with Crippen molar-refractivity contribution in [3.05, 3.63) is 33.7 Å². The van der Waals surface area contributed by atoms with Crippen molar-refractivity contribution < 1.29 is 27.9 Å². The lowest BCUT2D eigenvalue weighted by molar-refractivity contribution is -0.136. The van der Waals surface area contributed by atoms with E-state index in [0.717, 1.165) is 11.1 Å². The minimum Gasteiger partial charge on any atom is -0.466 e. The zero-order valence-electron chi connectivity index (χ0n) is 18.6. The van der Waals surface area contributed by atoms with Gasteiger partial charge in [-0.3, -0.25) is 0 Å². The summed E-state index contributed by atoms with van der Waals surface area (Å²) in [5, 5.41) is 1.23. The summed E-state index contributed by atoms with van der Waals surface area (Å²) < 4.78 is 22.6. The number of methoxy groups -OCH3 is 2. The molecule has 0 fully saturated rings. The number of carbonyl (C=O) groups excluding carboxylic acids is 2. The first-order valence-electron chi connectivity index (χ1n) is 9.36. The Morgan fingerprint density at radius 1 is 0.750 bits per heavy atom. The molecule has 2 aliphatic rings. The van der Waals surface area contributed by atoms with Crippen LogP contribution in [0.3, 0.4) is 0 Å². The van der Waals surface area contributed by atoms with Crippen molar-refractivity contribution >= 4 is 28.6 Å². The molecule has 28 heavy (non-hydrogen) atoms. The number of ether oxygens (including phenoxy) is 2. The third-order valence-corrected chi connectivity index (χ3v) is 10.7. The van der Waals surface area contributed by atoms with Crippen LogP contribution in [0.2, 0.25) is 26.2 Å². The minimum atomic E-state index is -2.42. The van der Waals surface area contributed by atoms with Crippen LogP contribution in [0.5, 0.6) is 0 Å². The SMILES string of the molecule is COC(=O)C1=C(/C=C/C2=C(C(=O)OC)[Si](C)(C)OC2(C)C)C(C)(C)O[Si]1(C)C. The van der Waals surface area contributed by atoms with Crippen LogP contribution in [0.15, 0.2) is 33.7 Å². The molecule has 0 aromatic rings. The fourth-order valence-electron chi connectivity index (χ4n) is 4.39. The van der Waals surface area contributed by atoms with Crippen LogP contribution in [-0.4, -0.2) is 54.0 Å². The Bertz CT molecular complexity index is 734. The van der Waals surface area contributed by atoms with Gasteiger partial charge in [-0.05, 0) is 65.0 Å². The van der Waals surface area contributed by atoms with E-state index in [0.29, 0.717) is 10.4 Å². The second-order valence-corrected chi connectivity index (χ2v) is 16.6. The molecule has 0 N–H and O–H groups in total. The van der Waals surface area contributed by atoms with E-state index < -0.39 is 27.8 Å². The van der Waals surface area contributed by atoms with Gasteiger partial charge in [0.05, 0.1) is 35.8 Å². The maximum Gasteiger partial charge on any atom is 0.332 e. The van der Waals surface area contributed by atoms with Crippen molar-refractivity contribution in [1.29, 1.82) is 0 Å². The molecule has 0 aliphatic carbocycles. The number of esters is 2. The molecule has 156 valence electrons. The van der Waals surface area contributed by atoms with Gasteiger partial charge >= 0.3 is 11.9 Å². The molecule has 0 saturated carbocycles. The van der Waals surface area contributed by atoms with E-state index in [9.17, 15) is 9.59 Å². The maximum absolute atomic E-state index is 12.5. The Balaban J connectivity index is 2.69. The molecule has 2 rings (SSSR count). The number of hydrogen-bond donors (Lipinski definition) is 0. The fraction of sp³-hybridized carbons (Fsp3) is 0.600. The molecule has 8 heteroatoms. The highest BCUT2D eigenvalue weighted by Gasteiger charge is 2.51. The fourth-order valence-corrected chi connectivity index (χ4v) is 10.6. The van der Waals surface area contributed by atoms with Gasteiger partial charge in [-0.2, -0.15) is 0 Å². The molecule has 0 aromatic carbocycles. The molecule has 2 heterocycles. The summed E-state index contributed by atoms with van der Waals surface area (Å²) in [6, 6.07) is 0. The minimum absolute atomic E-state index is 0.360. The third-order valence-electron chi connectivity index (χ3n) is 5.26. The first-order valence-corrected chi connectivity index (χ1v) is 15.2. The molecule has 2 aliphatic heterocycles. The van der Waals surface area contributed by atoms with Crippen LogP contribution in [0, 0.1) is 0 Å². The van der Waals surface area contributed by atoms with Gasteiger partial charge in [0.15, 0.2) is 0 Å². The summed E-state index contributed by atoms with van der Waals surface area (Å²) in [6.45, 7) is 15.7. The molecule has 0 bridgehead atoms. The van der Waals surface area contributed by atoms with Gasteiger partial charge in [0.1, 0.15) is 0 Å². The van der Waals surface area contributed by atoms with Gasteiger partial charge < -0.3 is 18.3 Å². The Kier molecular flexibility index (Phi) is 5.77. The van der Waals surface area contributed by atoms with Crippen molar-refractivity contribution in [3.63, 3.8) is 0 Å². The molecule has 0 atom stereocenters. The molecule has 0 radical (unpaired) electrons. The summed E-state index contributed by atoms with van der Waals surface area (Å²) in [7, 11) is -2.07. The van der Waals surface area contributed by atoms with Crippen molar-refractivity contribution in [3.8, 4) is 0 Å². The zero-order chi connectivity index (χ0) is 21.7. The maximum atomic E-state index is 12.5. The van der Waals surface area contributed by atoms with Crippen molar-refractivity contribution in [2.45, 2.75) is 65.1 Å². The highest BCUT2D eigenvalue weighted by molar-refractivity contribution is 6.84. The largest absolute Gasteiger partial charge is 0.466 e. The standard InChI is InChI=1S/C20H32O6Si2/c1-19(2)13(15(17(21)23-5)27(7,8)25-19)11-12-14-16(18(22)24-6)28(9,10)26-20(14,3)4/h11-12H,1-10H3/b12-11+. The van der Waals surface area contributed by atoms with Crippen molar-refractivity contribution in [2.75, 3.05) is 14.2 Å². The van der Waals surface area contributed by atoms with Crippen LogP contribution in [-0.2, 0) is 27.9 Å². The Labute approximate surface area is 169 Å². The van der Waals surface area contributed by atoms with E-state index in [-0.39, 0.29) is 11.9 Å². The molecular formula is C20H32O6Si2. The molecule has 0 amide bonds. The first-order chi connectivity index (χ1) is 12.6.